The molecule has 2 fully saturated rings. The predicted molar refractivity (Wildman–Crippen MR) is 143 cm³/mol. The highest BCUT2D eigenvalue weighted by Crippen LogP contribution is 2.64. The van der Waals surface area contributed by atoms with Crippen LogP contribution in [0.3, 0.4) is 0 Å². The number of ether oxygens (including phenoxy) is 2. The molecule has 3 aliphatic rings. The number of aliphatic hydroxyl groups excluding tert-OH is 1. The maximum atomic E-state index is 13.1. The molecule has 7 nitrogen and oxygen atoms in total. The molecule has 3 heterocycles. The first-order chi connectivity index (χ1) is 17.2. The second kappa shape index (κ2) is 8.76. The Balaban J connectivity index is 1.63. The van der Waals surface area contributed by atoms with E-state index in [9.17, 15) is 20.1 Å². The van der Waals surface area contributed by atoms with Gasteiger partial charge in [-0.05, 0) is 65.9 Å². The van der Waals surface area contributed by atoms with Crippen LogP contribution in [0.15, 0.2) is 17.2 Å². The number of aliphatic hydroxyl groups is 2. The summed E-state index contributed by atoms with van der Waals surface area (Å²) in [5.74, 6) is -0.792. The first-order valence-corrected chi connectivity index (χ1v) is 14.2. The van der Waals surface area contributed by atoms with Gasteiger partial charge in [-0.15, -0.1) is 11.3 Å². The molecule has 2 aromatic rings. The number of fused-ring (bicyclic) bond motifs is 6. The van der Waals surface area contributed by atoms with Crippen molar-refractivity contribution in [3.05, 3.63) is 28.3 Å². The third kappa shape index (κ3) is 3.86. The highest BCUT2D eigenvalue weighted by atomic mass is 32.1. The zero-order valence-electron chi connectivity index (χ0n) is 22.8. The fourth-order valence-corrected chi connectivity index (χ4v) is 8.20. The molecule has 0 bridgehead atoms. The highest BCUT2D eigenvalue weighted by Gasteiger charge is 2.63. The number of Topliss-reactive ketones (excluding diaryl/α,β-unsaturated/α-hetero) is 1. The van der Waals surface area contributed by atoms with Gasteiger partial charge in [0.15, 0.2) is 17.3 Å². The summed E-state index contributed by atoms with van der Waals surface area (Å²) < 4.78 is 13.9. The number of phenolic OH excluding ortho intramolecular Hbond substituents is 1. The number of thiazole rings is 1. The monoisotopic (exact) mass is 529 g/mol. The maximum absolute atomic E-state index is 13.1. The summed E-state index contributed by atoms with van der Waals surface area (Å²) in [5.41, 5.74) is 1.82. The Morgan fingerprint density at radius 2 is 2.00 bits per heavy atom. The fourth-order valence-electron chi connectivity index (χ4n) is 7.27. The van der Waals surface area contributed by atoms with Gasteiger partial charge in [0.2, 0.25) is 0 Å². The SMILES string of the molecule is CC=C(C)C(=O)[C@@H](C)c1c(O)c2c(c3ncsc13)[C@@H](O)[C@@H]1[C@@]3(C)CC[C@H](C(C)(C)O)O[C@@H]3CC[C@@]1(C)O2. The molecular weight excluding hydrogens is 490 g/mol. The van der Waals surface area contributed by atoms with Crippen molar-refractivity contribution in [3.8, 4) is 11.5 Å². The van der Waals surface area contributed by atoms with E-state index in [2.05, 4.69) is 11.9 Å². The second-order valence-corrected chi connectivity index (χ2v) is 13.1. The van der Waals surface area contributed by atoms with Crippen molar-refractivity contribution in [1.82, 2.24) is 4.98 Å². The first kappa shape index (κ1) is 26.6. The summed E-state index contributed by atoms with van der Waals surface area (Å²) in [6.07, 6.45) is 3.26. The van der Waals surface area contributed by atoms with E-state index in [1.54, 1.807) is 39.3 Å². The van der Waals surface area contributed by atoms with Crippen LogP contribution in [0, 0.1) is 11.3 Å². The first-order valence-electron chi connectivity index (χ1n) is 13.3. The predicted octanol–water partition coefficient (Wildman–Crippen LogP) is 5.56. The van der Waals surface area contributed by atoms with Gasteiger partial charge in [-0.3, -0.25) is 4.79 Å². The van der Waals surface area contributed by atoms with Gasteiger partial charge in [-0.25, -0.2) is 4.98 Å². The van der Waals surface area contributed by atoms with E-state index >= 15 is 0 Å². The summed E-state index contributed by atoms with van der Waals surface area (Å²) in [7, 11) is 0. The molecule has 7 atom stereocenters. The largest absolute Gasteiger partial charge is 0.504 e. The number of ketones is 1. The average molecular weight is 530 g/mol. The molecule has 0 amide bonds. The number of hydrogen-bond donors (Lipinski definition) is 3. The molecular formula is C29H39NO6S. The van der Waals surface area contributed by atoms with Crippen LogP contribution in [-0.4, -0.2) is 49.5 Å². The third-order valence-corrected chi connectivity index (χ3v) is 10.3. The average Bonchev–Trinajstić information content (AvgIpc) is 3.30. The van der Waals surface area contributed by atoms with Gasteiger partial charge in [-0.2, -0.15) is 0 Å². The van der Waals surface area contributed by atoms with E-state index in [1.807, 2.05) is 13.8 Å². The Hall–Kier alpha value is -2.00. The number of nitrogens with zero attached hydrogens (tertiary/aromatic N) is 1. The van der Waals surface area contributed by atoms with E-state index in [-0.39, 0.29) is 35.4 Å². The van der Waals surface area contributed by atoms with Crippen molar-refractivity contribution >= 4 is 27.3 Å². The van der Waals surface area contributed by atoms with Gasteiger partial charge in [-0.1, -0.05) is 19.9 Å². The molecule has 8 heteroatoms. The van der Waals surface area contributed by atoms with Crippen LogP contribution in [0.4, 0.5) is 0 Å². The van der Waals surface area contributed by atoms with E-state index in [4.69, 9.17) is 9.47 Å². The maximum Gasteiger partial charge on any atom is 0.170 e. The minimum absolute atomic E-state index is 0.0679. The topological polar surface area (TPSA) is 109 Å². The van der Waals surface area contributed by atoms with Crippen molar-refractivity contribution < 1.29 is 29.6 Å². The third-order valence-electron chi connectivity index (χ3n) is 9.45. The van der Waals surface area contributed by atoms with Crippen LogP contribution in [0.5, 0.6) is 11.5 Å². The van der Waals surface area contributed by atoms with Gasteiger partial charge < -0.3 is 24.8 Å². The normalized spacial score (nSPS) is 34.8. The van der Waals surface area contributed by atoms with Gasteiger partial charge in [0.1, 0.15) is 5.60 Å². The van der Waals surface area contributed by atoms with Crippen LogP contribution in [0.25, 0.3) is 10.2 Å². The molecule has 0 unspecified atom stereocenters. The zero-order chi connectivity index (χ0) is 27.1. The van der Waals surface area contributed by atoms with E-state index in [0.717, 1.165) is 12.8 Å². The summed E-state index contributed by atoms with van der Waals surface area (Å²) in [6, 6.07) is 0. The lowest BCUT2D eigenvalue weighted by molar-refractivity contribution is -0.256. The van der Waals surface area contributed by atoms with E-state index in [0.29, 0.717) is 39.8 Å². The Bertz CT molecular complexity index is 1280. The molecule has 5 rings (SSSR count). The van der Waals surface area contributed by atoms with Crippen molar-refractivity contribution in [1.29, 1.82) is 0 Å². The molecule has 1 aliphatic carbocycles. The molecule has 0 spiro atoms. The Kier molecular flexibility index (Phi) is 6.30. The molecule has 1 aromatic carbocycles. The number of allylic oxidation sites excluding steroid dienone is 2. The highest BCUT2D eigenvalue weighted by molar-refractivity contribution is 7.17. The molecule has 0 radical (unpaired) electrons. The number of benzene rings is 1. The summed E-state index contributed by atoms with van der Waals surface area (Å²) >= 11 is 1.36. The van der Waals surface area contributed by atoms with E-state index in [1.165, 1.54) is 11.3 Å². The van der Waals surface area contributed by atoms with Crippen LogP contribution < -0.4 is 4.74 Å². The van der Waals surface area contributed by atoms with Gasteiger partial charge in [0.05, 0.1) is 45.2 Å². The molecule has 1 saturated heterocycles. The standard InChI is InChI=1S/C29H39NO6S/c1-8-14(2)21(31)15(3)18-22(32)24-19(20-25(18)37-13-30-20)23(33)26-28(6)11-9-16(27(4,5)34)35-17(28)10-12-29(26,7)36-24/h8,13,15-17,23,26,32-34H,9-12H2,1-7H3/t15-,16+,17+,23+,26+,28-,29+/m0/s1. The van der Waals surface area contributed by atoms with Crippen molar-refractivity contribution in [2.45, 2.75) is 110 Å². The summed E-state index contributed by atoms with van der Waals surface area (Å²) in [6.45, 7) is 13.1. The number of phenols is 1. The number of aromatic nitrogens is 1. The van der Waals surface area contributed by atoms with Crippen molar-refractivity contribution in [2.75, 3.05) is 0 Å². The number of carbonyl (C=O) groups is 1. The summed E-state index contributed by atoms with van der Waals surface area (Å²) in [4.78, 5) is 17.7. The molecule has 2 aliphatic heterocycles. The number of aromatic hydroxyl groups is 1. The van der Waals surface area contributed by atoms with Crippen LogP contribution in [0.1, 0.15) is 97.3 Å². The van der Waals surface area contributed by atoms with Gasteiger partial charge in [0.25, 0.3) is 0 Å². The van der Waals surface area contributed by atoms with Crippen molar-refractivity contribution in [2.24, 2.45) is 11.3 Å². The van der Waals surface area contributed by atoms with E-state index < -0.39 is 28.6 Å². The Morgan fingerprint density at radius 3 is 2.65 bits per heavy atom. The lowest BCUT2D eigenvalue weighted by atomic mass is 9.53. The number of rotatable bonds is 4. The van der Waals surface area contributed by atoms with Crippen LogP contribution >= 0.6 is 11.3 Å². The van der Waals surface area contributed by atoms with Crippen LogP contribution in [0.2, 0.25) is 0 Å². The molecule has 3 N–H and O–H groups in total. The second-order valence-electron chi connectivity index (χ2n) is 12.3. The Labute approximate surface area is 222 Å². The van der Waals surface area contributed by atoms with Gasteiger partial charge >= 0.3 is 0 Å². The zero-order valence-corrected chi connectivity index (χ0v) is 23.6. The van der Waals surface area contributed by atoms with Crippen LogP contribution in [-0.2, 0) is 9.53 Å². The summed E-state index contributed by atoms with van der Waals surface area (Å²) in [5, 5.41) is 34.2. The molecule has 202 valence electrons. The van der Waals surface area contributed by atoms with Crippen molar-refractivity contribution in [3.63, 3.8) is 0 Å². The lowest BCUT2D eigenvalue weighted by Gasteiger charge is -2.61. The van der Waals surface area contributed by atoms with Gasteiger partial charge in [0, 0.05) is 22.8 Å². The Morgan fingerprint density at radius 1 is 1.30 bits per heavy atom. The number of hydrogen-bond acceptors (Lipinski definition) is 8. The number of carbonyl (C=O) groups excluding carboxylic acids is 1. The smallest absolute Gasteiger partial charge is 0.170 e. The minimum atomic E-state index is -0.940. The molecule has 1 saturated carbocycles. The minimum Gasteiger partial charge on any atom is -0.504 e. The molecule has 37 heavy (non-hydrogen) atoms. The molecule has 1 aromatic heterocycles. The lowest BCUT2D eigenvalue weighted by Crippen LogP contribution is -2.64. The fraction of sp³-hybridized carbons (Fsp3) is 0.655. The quantitative estimate of drug-likeness (QED) is 0.445.